The first-order valence-electron chi connectivity index (χ1n) is 5.95. The fraction of sp³-hybridized carbons (Fsp3) is 0.462. The molecule has 1 aromatic rings. The normalized spacial score (nSPS) is 29.2. The summed E-state index contributed by atoms with van der Waals surface area (Å²) in [5.41, 5.74) is 0.405. The van der Waals surface area contributed by atoms with Crippen LogP contribution in [0.3, 0.4) is 0 Å². The van der Waals surface area contributed by atoms with E-state index in [1.165, 1.54) is 0 Å². The Morgan fingerprint density at radius 1 is 1.56 bits per heavy atom. The number of urea groups is 1. The van der Waals surface area contributed by atoms with Crippen LogP contribution < -0.4 is 14.8 Å². The van der Waals surface area contributed by atoms with Gasteiger partial charge in [-0.05, 0) is 25.1 Å². The van der Waals surface area contributed by atoms with Gasteiger partial charge in [0.25, 0.3) is 0 Å². The van der Waals surface area contributed by atoms with E-state index in [9.17, 15) is 4.79 Å². The molecule has 18 heavy (non-hydrogen) atoms. The van der Waals surface area contributed by atoms with Gasteiger partial charge in [0, 0.05) is 19.0 Å². The summed E-state index contributed by atoms with van der Waals surface area (Å²) in [5.74, 6) is 1.58. The first-order chi connectivity index (χ1) is 8.53. The minimum Gasteiger partial charge on any atom is -0.497 e. The molecule has 2 amide bonds. The molecule has 1 N–H and O–H groups in total. The van der Waals surface area contributed by atoms with Gasteiger partial charge in [0.2, 0.25) is 0 Å². The maximum Gasteiger partial charge on any atom is 0.320 e. The molecular weight excluding hydrogens is 232 g/mol. The predicted octanol–water partition coefficient (Wildman–Crippen LogP) is 1.89. The lowest BCUT2D eigenvalue weighted by atomic mass is 9.91. The van der Waals surface area contributed by atoms with Crippen LogP contribution >= 0.6 is 0 Å². The topological polar surface area (TPSA) is 50.8 Å². The van der Waals surface area contributed by atoms with E-state index in [1.807, 2.05) is 25.1 Å². The van der Waals surface area contributed by atoms with E-state index in [2.05, 4.69) is 5.32 Å². The third-order valence-electron chi connectivity index (χ3n) is 3.82. The zero-order valence-corrected chi connectivity index (χ0v) is 10.7. The number of fused-ring (bicyclic) bond motifs is 4. The average Bonchev–Trinajstić information content (AvgIpc) is 2.36. The Morgan fingerprint density at radius 3 is 3.06 bits per heavy atom. The smallest absolute Gasteiger partial charge is 0.320 e. The second-order valence-electron chi connectivity index (χ2n) is 4.95. The van der Waals surface area contributed by atoms with Crippen LogP contribution in [0, 0.1) is 0 Å². The molecular formula is C13H16N2O3. The SMILES string of the molecule is COc1ccc2c(c1)C1CC(C)(O2)N(C)C(=O)N1. The molecule has 3 rings (SSSR count). The molecule has 5 nitrogen and oxygen atoms in total. The van der Waals surface area contributed by atoms with Gasteiger partial charge in [-0.15, -0.1) is 0 Å². The van der Waals surface area contributed by atoms with E-state index in [4.69, 9.17) is 9.47 Å². The van der Waals surface area contributed by atoms with Gasteiger partial charge in [-0.3, -0.25) is 4.90 Å². The van der Waals surface area contributed by atoms with Crippen molar-refractivity contribution < 1.29 is 14.3 Å². The molecule has 5 heteroatoms. The summed E-state index contributed by atoms with van der Waals surface area (Å²) in [7, 11) is 3.38. The Balaban J connectivity index is 2.08. The van der Waals surface area contributed by atoms with Gasteiger partial charge in [0.1, 0.15) is 11.5 Å². The first kappa shape index (κ1) is 11.2. The Bertz CT molecular complexity index is 517. The fourth-order valence-corrected chi connectivity index (χ4v) is 2.58. The van der Waals surface area contributed by atoms with Crippen LogP contribution in [-0.4, -0.2) is 30.8 Å². The fourth-order valence-electron chi connectivity index (χ4n) is 2.58. The lowest BCUT2D eigenvalue weighted by Gasteiger charge is -2.49. The van der Waals surface area contributed by atoms with Gasteiger partial charge in [-0.1, -0.05) is 0 Å². The Morgan fingerprint density at radius 2 is 2.33 bits per heavy atom. The zero-order chi connectivity index (χ0) is 12.9. The van der Waals surface area contributed by atoms with Crippen LogP contribution in [0.1, 0.15) is 24.9 Å². The van der Waals surface area contributed by atoms with Crippen molar-refractivity contribution in [1.82, 2.24) is 10.2 Å². The monoisotopic (exact) mass is 248 g/mol. The van der Waals surface area contributed by atoms with Gasteiger partial charge in [0.15, 0.2) is 5.72 Å². The maximum absolute atomic E-state index is 11.9. The van der Waals surface area contributed by atoms with E-state index < -0.39 is 5.72 Å². The van der Waals surface area contributed by atoms with Gasteiger partial charge in [-0.2, -0.15) is 0 Å². The van der Waals surface area contributed by atoms with E-state index >= 15 is 0 Å². The third-order valence-corrected chi connectivity index (χ3v) is 3.82. The highest BCUT2D eigenvalue weighted by Crippen LogP contribution is 2.44. The highest BCUT2D eigenvalue weighted by Gasteiger charge is 2.47. The molecule has 0 saturated carbocycles. The number of methoxy groups -OCH3 is 1. The van der Waals surface area contributed by atoms with E-state index in [-0.39, 0.29) is 12.1 Å². The van der Waals surface area contributed by atoms with Crippen molar-refractivity contribution in [3.63, 3.8) is 0 Å². The zero-order valence-electron chi connectivity index (χ0n) is 10.7. The Labute approximate surface area is 106 Å². The van der Waals surface area contributed by atoms with Crippen LogP contribution in [0.2, 0.25) is 0 Å². The van der Waals surface area contributed by atoms with Crippen LogP contribution in [0.4, 0.5) is 4.79 Å². The summed E-state index contributed by atoms with van der Waals surface area (Å²) < 4.78 is 11.2. The third kappa shape index (κ3) is 1.43. The van der Waals surface area contributed by atoms with E-state index in [0.29, 0.717) is 0 Å². The minimum absolute atomic E-state index is 0.0162. The number of hydrogen-bond acceptors (Lipinski definition) is 3. The van der Waals surface area contributed by atoms with Crippen LogP contribution in [0.5, 0.6) is 11.5 Å². The van der Waals surface area contributed by atoms with Gasteiger partial charge in [0.05, 0.1) is 13.2 Å². The first-order valence-corrected chi connectivity index (χ1v) is 5.95. The molecule has 0 spiro atoms. The van der Waals surface area contributed by atoms with E-state index in [1.54, 1.807) is 19.1 Å². The van der Waals surface area contributed by atoms with Crippen LogP contribution in [-0.2, 0) is 0 Å². The van der Waals surface area contributed by atoms with Crippen molar-refractivity contribution in [3.05, 3.63) is 23.8 Å². The Hall–Kier alpha value is -1.91. The van der Waals surface area contributed by atoms with Crippen molar-refractivity contribution in [3.8, 4) is 11.5 Å². The minimum atomic E-state index is -0.575. The highest BCUT2D eigenvalue weighted by molar-refractivity contribution is 5.77. The van der Waals surface area contributed by atoms with Crippen LogP contribution in [0.15, 0.2) is 18.2 Å². The molecule has 1 fully saturated rings. The predicted molar refractivity (Wildman–Crippen MR) is 65.7 cm³/mol. The summed E-state index contributed by atoms with van der Waals surface area (Å²) in [6.07, 6.45) is 0.732. The summed E-state index contributed by atoms with van der Waals surface area (Å²) in [6, 6.07) is 5.56. The van der Waals surface area contributed by atoms with Crippen molar-refractivity contribution >= 4 is 6.03 Å². The van der Waals surface area contributed by atoms with Crippen molar-refractivity contribution in [2.24, 2.45) is 0 Å². The molecule has 0 aromatic heterocycles. The molecule has 2 aliphatic heterocycles. The van der Waals surface area contributed by atoms with Crippen molar-refractivity contribution in [2.45, 2.75) is 25.1 Å². The second-order valence-corrected chi connectivity index (χ2v) is 4.95. The van der Waals surface area contributed by atoms with Gasteiger partial charge in [-0.25, -0.2) is 4.79 Å². The second kappa shape index (κ2) is 3.54. The Kier molecular flexibility index (Phi) is 2.20. The number of amides is 2. The molecule has 0 aliphatic carbocycles. The highest BCUT2D eigenvalue weighted by atomic mass is 16.5. The summed E-state index contributed by atoms with van der Waals surface area (Å²) >= 11 is 0. The molecule has 2 aliphatic rings. The number of benzene rings is 1. The number of nitrogens with zero attached hydrogens (tertiary/aromatic N) is 1. The lowest BCUT2D eigenvalue weighted by molar-refractivity contribution is -0.0719. The number of rotatable bonds is 1. The molecule has 2 heterocycles. The van der Waals surface area contributed by atoms with Gasteiger partial charge >= 0.3 is 6.03 Å². The number of carbonyl (C=O) groups is 1. The molecule has 96 valence electrons. The molecule has 2 atom stereocenters. The van der Waals surface area contributed by atoms with Gasteiger partial charge < -0.3 is 14.8 Å². The number of hydrogen-bond donors (Lipinski definition) is 1. The number of nitrogens with one attached hydrogen (secondary N) is 1. The quantitative estimate of drug-likeness (QED) is 0.825. The summed E-state index contributed by atoms with van der Waals surface area (Å²) in [4.78, 5) is 13.5. The molecule has 0 radical (unpaired) electrons. The number of ether oxygens (including phenoxy) is 2. The van der Waals surface area contributed by atoms with Crippen LogP contribution in [0.25, 0.3) is 0 Å². The molecule has 2 bridgehead atoms. The summed E-state index contributed by atoms with van der Waals surface area (Å²) in [5, 5.41) is 2.98. The largest absolute Gasteiger partial charge is 0.497 e. The number of carbonyl (C=O) groups excluding carboxylic acids is 1. The lowest BCUT2D eigenvalue weighted by Crippen LogP contribution is -2.63. The molecule has 1 aromatic carbocycles. The maximum atomic E-state index is 11.9. The summed E-state index contributed by atoms with van der Waals surface area (Å²) in [6.45, 7) is 1.94. The molecule has 1 saturated heterocycles. The average molecular weight is 248 g/mol. The van der Waals surface area contributed by atoms with Crippen molar-refractivity contribution in [2.75, 3.05) is 14.2 Å². The van der Waals surface area contributed by atoms with E-state index in [0.717, 1.165) is 23.5 Å². The van der Waals surface area contributed by atoms with Crippen molar-refractivity contribution in [1.29, 1.82) is 0 Å². The molecule has 2 unspecified atom stereocenters. The standard InChI is InChI=1S/C13H16N2O3/c1-13-7-10(14-12(16)15(13)2)9-6-8(17-3)4-5-11(9)18-13/h4-6,10H,7H2,1-3H3,(H,14,16).